The van der Waals surface area contributed by atoms with Crippen LogP contribution in [0, 0.1) is 11.8 Å². The average molecular weight is 272 g/mol. The van der Waals surface area contributed by atoms with Crippen molar-refractivity contribution in [2.45, 2.75) is 27.7 Å². The Morgan fingerprint density at radius 2 is 1.20 bits per heavy atom. The van der Waals surface area contributed by atoms with Gasteiger partial charge in [-0.05, 0) is 24.0 Å². The smallest absolute Gasteiger partial charge is 0.169 e. The molecule has 0 saturated carbocycles. The van der Waals surface area contributed by atoms with Crippen LogP contribution in [0.4, 0.5) is 11.6 Å². The van der Waals surface area contributed by atoms with E-state index in [2.05, 4.69) is 48.3 Å². The fourth-order valence-corrected chi connectivity index (χ4v) is 1.85. The van der Waals surface area contributed by atoms with Crippen LogP contribution < -0.4 is 10.6 Å². The number of nitrogens with zero attached hydrogens (tertiary/aromatic N) is 2. The molecule has 0 saturated heterocycles. The Labute approximate surface area is 121 Å². The summed E-state index contributed by atoms with van der Waals surface area (Å²) in [5.74, 6) is 2.83. The molecule has 0 aliphatic carbocycles. The first kappa shape index (κ1) is 14.6. The van der Waals surface area contributed by atoms with Crippen LogP contribution in [-0.2, 0) is 0 Å². The molecule has 20 heavy (non-hydrogen) atoms. The summed E-state index contributed by atoms with van der Waals surface area (Å²) < 4.78 is 0. The summed E-state index contributed by atoms with van der Waals surface area (Å²) in [6, 6.07) is 7.97. The highest BCUT2D eigenvalue weighted by molar-refractivity contribution is 5.80. The molecular formula is C16H24N4. The third-order valence-electron chi connectivity index (χ3n) is 2.93. The van der Waals surface area contributed by atoms with E-state index in [9.17, 15) is 0 Å². The van der Waals surface area contributed by atoms with Crippen LogP contribution in [0.1, 0.15) is 27.7 Å². The second-order valence-electron chi connectivity index (χ2n) is 5.96. The molecule has 1 heterocycles. The minimum absolute atomic E-state index is 0.571. The first-order valence-corrected chi connectivity index (χ1v) is 7.30. The van der Waals surface area contributed by atoms with Gasteiger partial charge in [-0.15, -0.1) is 0 Å². The molecule has 0 bridgehead atoms. The Bertz CT molecular complexity index is 513. The van der Waals surface area contributed by atoms with Gasteiger partial charge in [0.1, 0.15) is 0 Å². The Hall–Kier alpha value is -1.84. The van der Waals surface area contributed by atoms with Gasteiger partial charge in [-0.25, -0.2) is 9.97 Å². The highest BCUT2D eigenvalue weighted by Gasteiger charge is 2.09. The van der Waals surface area contributed by atoms with Gasteiger partial charge in [0.15, 0.2) is 11.6 Å². The average Bonchev–Trinajstić information content (AvgIpc) is 2.42. The van der Waals surface area contributed by atoms with E-state index in [-0.39, 0.29) is 0 Å². The predicted octanol–water partition coefficient (Wildman–Crippen LogP) is 3.77. The molecule has 0 atom stereocenters. The number of hydrogen-bond acceptors (Lipinski definition) is 4. The molecule has 0 amide bonds. The second-order valence-corrected chi connectivity index (χ2v) is 5.96. The number of benzene rings is 1. The molecule has 4 heteroatoms. The van der Waals surface area contributed by atoms with Crippen molar-refractivity contribution in [1.82, 2.24) is 9.97 Å². The maximum absolute atomic E-state index is 4.69. The zero-order valence-corrected chi connectivity index (χ0v) is 12.8. The van der Waals surface area contributed by atoms with Crippen LogP contribution in [0.2, 0.25) is 0 Å². The minimum atomic E-state index is 0.571. The Morgan fingerprint density at radius 3 is 1.55 bits per heavy atom. The molecule has 2 aromatic rings. The zero-order chi connectivity index (χ0) is 14.5. The lowest BCUT2D eigenvalue weighted by Gasteiger charge is -2.15. The highest BCUT2D eigenvalue weighted by Crippen LogP contribution is 2.21. The van der Waals surface area contributed by atoms with E-state index in [0.29, 0.717) is 11.8 Å². The quantitative estimate of drug-likeness (QED) is 0.840. The van der Waals surface area contributed by atoms with Crippen molar-refractivity contribution in [3.05, 3.63) is 24.3 Å². The summed E-state index contributed by atoms with van der Waals surface area (Å²) >= 11 is 0. The monoisotopic (exact) mass is 272 g/mol. The molecular weight excluding hydrogens is 248 g/mol. The van der Waals surface area contributed by atoms with E-state index in [4.69, 9.17) is 0 Å². The summed E-state index contributed by atoms with van der Waals surface area (Å²) in [6.45, 7) is 10.5. The van der Waals surface area contributed by atoms with Gasteiger partial charge in [0.2, 0.25) is 0 Å². The zero-order valence-electron chi connectivity index (χ0n) is 12.8. The van der Waals surface area contributed by atoms with Crippen molar-refractivity contribution in [2.24, 2.45) is 11.8 Å². The van der Waals surface area contributed by atoms with Crippen molar-refractivity contribution in [3.8, 4) is 0 Å². The summed E-state index contributed by atoms with van der Waals surface area (Å²) in [5, 5.41) is 6.78. The largest absolute Gasteiger partial charge is 0.367 e. The molecule has 0 unspecified atom stereocenters. The lowest BCUT2D eigenvalue weighted by molar-refractivity contribution is 0.681. The van der Waals surface area contributed by atoms with Gasteiger partial charge in [-0.2, -0.15) is 0 Å². The molecule has 2 N–H and O–H groups in total. The topological polar surface area (TPSA) is 49.8 Å². The number of hydrogen-bond donors (Lipinski definition) is 2. The lowest BCUT2D eigenvalue weighted by Crippen LogP contribution is -2.15. The molecule has 0 aliphatic rings. The number of anilines is 2. The van der Waals surface area contributed by atoms with E-state index in [1.54, 1.807) is 0 Å². The fraction of sp³-hybridized carbons (Fsp3) is 0.500. The summed E-state index contributed by atoms with van der Waals surface area (Å²) in [7, 11) is 0. The van der Waals surface area contributed by atoms with Crippen LogP contribution in [0.3, 0.4) is 0 Å². The van der Waals surface area contributed by atoms with Crippen LogP contribution in [0.15, 0.2) is 24.3 Å². The van der Waals surface area contributed by atoms with E-state index < -0.39 is 0 Å². The third-order valence-corrected chi connectivity index (χ3v) is 2.93. The molecule has 0 aliphatic heterocycles. The molecule has 1 aromatic heterocycles. The van der Waals surface area contributed by atoms with Crippen molar-refractivity contribution in [1.29, 1.82) is 0 Å². The number of rotatable bonds is 6. The maximum atomic E-state index is 4.69. The van der Waals surface area contributed by atoms with E-state index >= 15 is 0 Å². The van der Waals surface area contributed by atoms with Crippen LogP contribution in [-0.4, -0.2) is 23.1 Å². The van der Waals surface area contributed by atoms with Gasteiger partial charge in [0, 0.05) is 13.1 Å². The van der Waals surface area contributed by atoms with Gasteiger partial charge < -0.3 is 10.6 Å². The number of aromatic nitrogens is 2. The second kappa shape index (κ2) is 6.55. The molecule has 4 nitrogen and oxygen atoms in total. The third kappa shape index (κ3) is 3.83. The highest BCUT2D eigenvalue weighted by atomic mass is 15.1. The molecule has 0 radical (unpaired) electrons. The van der Waals surface area contributed by atoms with E-state index in [1.165, 1.54) is 0 Å². The van der Waals surface area contributed by atoms with Gasteiger partial charge in [0.05, 0.1) is 11.0 Å². The molecule has 0 spiro atoms. The summed E-state index contributed by atoms with van der Waals surface area (Å²) in [4.78, 5) is 9.38. The Balaban J connectivity index is 2.31. The van der Waals surface area contributed by atoms with E-state index in [0.717, 1.165) is 35.8 Å². The number of para-hydroxylation sites is 2. The number of nitrogens with one attached hydrogen (secondary N) is 2. The van der Waals surface area contributed by atoms with Gasteiger partial charge in [-0.1, -0.05) is 39.8 Å². The SMILES string of the molecule is CC(C)CNc1nc2ccccc2nc1NCC(C)C. The standard InChI is InChI=1S/C16H24N4/c1-11(2)9-17-15-16(18-10-12(3)4)20-14-8-6-5-7-13(14)19-15/h5-8,11-12H,9-10H2,1-4H3,(H,17,19)(H,18,20). The summed E-state index contributed by atoms with van der Waals surface area (Å²) in [6.07, 6.45) is 0. The first-order chi connectivity index (χ1) is 9.56. The van der Waals surface area contributed by atoms with Crippen molar-refractivity contribution in [3.63, 3.8) is 0 Å². The van der Waals surface area contributed by atoms with Crippen LogP contribution >= 0.6 is 0 Å². The summed E-state index contributed by atoms with van der Waals surface area (Å²) in [5.41, 5.74) is 1.85. The number of fused-ring (bicyclic) bond motifs is 1. The lowest BCUT2D eigenvalue weighted by atomic mass is 10.2. The van der Waals surface area contributed by atoms with Crippen molar-refractivity contribution < 1.29 is 0 Å². The van der Waals surface area contributed by atoms with Gasteiger partial charge in [-0.3, -0.25) is 0 Å². The van der Waals surface area contributed by atoms with Crippen LogP contribution in [0.5, 0.6) is 0 Å². The van der Waals surface area contributed by atoms with Crippen LogP contribution in [0.25, 0.3) is 11.0 Å². The maximum Gasteiger partial charge on any atom is 0.169 e. The normalized spacial score (nSPS) is 11.3. The predicted molar refractivity (Wildman–Crippen MR) is 86.2 cm³/mol. The molecule has 2 rings (SSSR count). The Kier molecular flexibility index (Phi) is 4.77. The molecule has 0 fully saturated rings. The fourth-order valence-electron chi connectivity index (χ4n) is 1.85. The Morgan fingerprint density at radius 1 is 0.800 bits per heavy atom. The first-order valence-electron chi connectivity index (χ1n) is 7.30. The van der Waals surface area contributed by atoms with Crippen molar-refractivity contribution >= 4 is 22.7 Å². The molecule has 1 aromatic carbocycles. The van der Waals surface area contributed by atoms with E-state index in [1.807, 2.05) is 24.3 Å². The van der Waals surface area contributed by atoms with Gasteiger partial charge in [0.25, 0.3) is 0 Å². The van der Waals surface area contributed by atoms with Gasteiger partial charge >= 0.3 is 0 Å². The minimum Gasteiger partial charge on any atom is -0.367 e. The van der Waals surface area contributed by atoms with Crippen molar-refractivity contribution in [2.75, 3.05) is 23.7 Å². The molecule has 108 valence electrons.